The molecule has 0 saturated carbocycles. The van der Waals surface area contributed by atoms with Crippen LogP contribution in [0.25, 0.3) is 10.8 Å². The Morgan fingerprint density at radius 3 is 2.49 bits per heavy atom. The molecule has 3 heterocycles. The van der Waals surface area contributed by atoms with Gasteiger partial charge in [-0.05, 0) is 44.0 Å². The van der Waals surface area contributed by atoms with Gasteiger partial charge < -0.3 is 19.3 Å². The highest BCUT2D eigenvalue weighted by atomic mass is 19.1. The lowest BCUT2D eigenvalue weighted by Gasteiger charge is -2.35. The summed E-state index contributed by atoms with van der Waals surface area (Å²) >= 11 is 0. The standard InChI is InChI=1S/C27H29FN4O5/c1-27(2,3)37-26(35)32-11-9-31(10-12-32)25(34)21-22(28)17(14-16-8-13-36-23(16)21)15-20-18-6-4-5-7-19(18)24(33)30-29-20/h4-7,14H,8-13,15H2,1-3H3,(H,30,33). The van der Waals surface area contributed by atoms with Gasteiger partial charge in [-0.3, -0.25) is 9.59 Å². The summed E-state index contributed by atoms with van der Waals surface area (Å²) in [5.41, 5.74) is 0.563. The third-order valence-corrected chi connectivity index (χ3v) is 6.55. The predicted molar refractivity (Wildman–Crippen MR) is 134 cm³/mol. The van der Waals surface area contributed by atoms with Crippen LogP contribution in [0.3, 0.4) is 0 Å². The van der Waals surface area contributed by atoms with E-state index in [0.717, 1.165) is 5.56 Å². The Morgan fingerprint density at radius 2 is 1.78 bits per heavy atom. The zero-order chi connectivity index (χ0) is 26.3. The molecule has 0 unspecified atom stereocenters. The lowest BCUT2D eigenvalue weighted by Crippen LogP contribution is -2.51. The third kappa shape index (κ3) is 4.87. The first-order valence-electron chi connectivity index (χ1n) is 12.3. The van der Waals surface area contributed by atoms with E-state index < -0.39 is 23.4 Å². The van der Waals surface area contributed by atoms with E-state index in [1.807, 2.05) is 0 Å². The van der Waals surface area contributed by atoms with Gasteiger partial charge in [-0.1, -0.05) is 18.2 Å². The maximum Gasteiger partial charge on any atom is 0.410 e. The zero-order valence-corrected chi connectivity index (χ0v) is 21.1. The number of amides is 2. The molecule has 1 N–H and O–H groups in total. The van der Waals surface area contributed by atoms with Gasteiger partial charge in [-0.15, -0.1) is 0 Å². The van der Waals surface area contributed by atoms with E-state index >= 15 is 4.39 Å². The van der Waals surface area contributed by atoms with E-state index in [4.69, 9.17) is 9.47 Å². The molecular weight excluding hydrogens is 479 g/mol. The Labute approximate surface area is 213 Å². The second-order valence-electron chi connectivity index (χ2n) is 10.3. The number of rotatable bonds is 3. The fourth-order valence-corrected chi connectivity index (χ4v) is 4.76. The van der Waals surface area contributed by atoms with Gasteiger partial charge in [0, 0.05) is 44.4 Å². The number of carbonyl (C=O) groups is 2. The largest absolute Gasteiger partial charge is 0.492 e. The van der Waals surface area contributed by atoms with Crippen molar-refractivity contribution >= 4 is 22.8 Å². The smallest absolute Gasteiger partial charge is 0.410 e. The molecule has 2 amide bonds. The summed E-state index contributed by atoms with van der Waals surface area (Å²) in [6, 6.07) is 8.74. The molecule has 37 heavy (non-hydrogen) atoms. The van der Waals surface area contributed by atoms with Crippen molar-refractivity contribution in [2.45, 2.75) is 39.2 Å². The minimum absolute atomic E-state index is 0.0931. The lowest BCUT2D eigenvalue weighted by molar-refractivity contribution is 0.0139. The topological polar surface area (TPSA) is 105 Å². The van der Waals surface area contributed by atoms with Crippen LogP contribution in [0, 0.1) is 5.82 Å². The highest BCUT2D eigenvalue weighted by Crippen LogP contribution is 2.36. The Balaban J connectivity index is 1.42. The van der Waals surface area contributed by atoms with Crippen molar-refractivity contribution in [1.82, 2.24) is 20.0 Å². The molecule has 10 heteroatoms. The Hall–Kier alpha value is -3.95. The maximum absolute atomic E-state index is 16.0. The molecule has 1 saturated heterocycles. The molecule has 1 aromatic heterocycles. The summed E-state index contributed by atoms with van der Waals surface area (Å²) < 4.78 is 27.1. The number of ether oxygens (including phenoxy) is 2. The summed E-state index contributed by atoms with van der Waals surface area (Å²) in [6.45, 7) is 6.85. The Bertz CT molecular complexity index is 1440. The van der Waals surface area contributed by atoms with Crippen LogP contribution in [0.1, 0.15) is 48.0 Å². The van der Waals surface area contributed by atoms with Gasteiger partial charge in [0.05, 0.1) is 17.7 Å². The molecule has 0 atom stereocenters. The first kappa shape index (κ1) is 24.7. The van der Waals surface area contributed by atoms with Crippen molar-refractivity contribution in [3.63, 3.8) is 0 Å². The minimum atomic E-state index is -0.655. The van der Waals surface area contributed by atoms with E-state index in [-0.39, 0.29) is 49.5 Å². The number of piperazine rings is 1. The SMILES string of the molecule is CC(C)(C)OC(=O)N1CCN(C(=O)c2c(F)c(Cc3n[nH]c(=O)c4ccccc34)cc3c2OCC3)CC1. The molecule has 2 aliphatic heterocycles. The molecular formula is C27H29FN4O5. The van der Waals surface area contributed by atoms with Crippen LogP contribution in [0.2, 0.25) is 0 Å². The molecule has 0 spiro atoms. The fourth-order valence-electron chi connectivity index (χ4n) is 4.76. The molecule has 2 aliphatic rings. The first-order chi connectivity index (χ1) is 17.6. The van der Waals surface area contributed by atoms with Gasteiger partial charge in [-0.25, -0.2) is 14.3 Å². The van der Waals surface area contributed by atoms with Gasteiger partial charge >= 0.3 is 6.09 Å². The van der Waals surface area contributed by atoms with Gasteiger partial charge in [0.2, 0.25) is 0 Å². The summed E-state index contributed by atoms with van der Waals surface area (Å²) in [5.74, 6) is -0.849. The monoisotopic (exact) mass is 508 g/mol. The first-order valence-corrected chi connectivity index (χ1v) is 12.3. The van der Waals surface area contributed by atoms with Gasteiger partial charge in [0.1, 0.15) is 22.7 Å². The number of fused-ring (bicyclic) bond motifs is 2. The number of hydrogen-bond donors (Lipinski definition) is 1. The van der Waals surface area contributed by atoms with Crippen LogP contribution in [0.15, 0.2) is 35.1 Å². The molecule has 0 radical (unpaired) electrons. The second kappa shape index (κ2) is 9.49. The molecule has 5 rings (SSSR count). The normalized spacial score (nSPS) is 15.5. The Morgan fingerprint density at radius 1 is 1.11 bits per heavy atom. The van der Waals surface area contributed by atoms with E-state index in [9.17, 15) is 14.4 Å². The number of carbonyl (C=O) groups excluding carboxylic acids is 2. The number of H-pyrrole nitrogens is 1. The summed E-state index contributed by atoms with van der Waals surface area (Å²) in [4.78, 5) is 41.2. The van der Waals surface area contributed by atoms with Crippen LogP contribution < -0.4 is 10.3 Å². The van der Waals surface area contributed by atoms with E-state index in [2.05, 4.69) is 10.2 Å². The molecule has 1 fully saturated rings. The maximum atomic E-state index is 16.0. The number of aromatic nitrogens is 2. The Kier molecular flexibility index (Phi) is 6.35. The van der Waals surface area contributed by atoms with Crippen molar-refractivity contribution < 1.29 is 23.5 Å². The number of hydrogen-bond acceptors (Lipinski definition) is 6. The van der Waals surface area contributed by atoms with Gasteiger partial charge in [0.15, 0.2) is 0 Å². The highest BCUT2D eigenvalue weighted by molar-refractivity contribution is 5.98. The van der Waals surface area contributed by atoms with Crippen molar-refractivity contribution in [1.29, 1.82) is 0 Å². The molecule has 3 aromatic rings. The quantitative estimate of drug-likeness (QED) is 0.582. The third-order valence-electron chi connectivity index (χ3n) is 6.55. The van der Waals surface area contributed by atoms with Gasteiger partial charge in [-0.2, -0.15) is 5.10 Å². The average molecular weight is 509 g/mol. The van der Waals surface area contributed by atoms with E-state index in [1.165, 1.54) is 0 Å². The van der Waals surface area contributed by atoms with Gasteiger partial charge in [0.25, 0.3) is 11.5 Å². The molecule has 0 aliphatic carbocycles. The highest BCUT2D eigenvalue weighted by Gasteiger charge is 2.33. The van der Waals surface area contributed by atoms with Crippen LogP contribution in [-0.4, -0.2) is 70.4 Å². The van der Waals surface area contributed by atoms with E-state index in [1.54, 1.807) is 60.9 Å². The molecule has 2 aromatic carbocycles. The second-order valence-corrected chi connectivity index (χ2v) is 10.3. The minimum Gasteiger partial charge on any atom is -0.492 e. The van der Waals surface area contributed by atoms with Crippen molar-refractivity contribution in [3.8, 4) is 5.75 Å². The van der Waals surface area contributed by atoms with Crippen LogP contribution in [0.5, 0.6) is 5.75 Å². The number of nitrogens with one attached hydrogen (secondary N) is 1. The van der Waals surface area contributed by atoms with Crippen LogP contribution in [0.4, 0.5) is 9.18 Å². The van der Waals surface area contributed by atoms with Crippen LogP contribution >= 0.6 is 0 Å². The summed E-state index contributed by atoms with van der Waals surface area (Å²) in [5, 5.41) is 7.75. The predicted octanol–water partition coefficient (Wildman–Crippen LogP) is 3.28. The number of benzene rings is 2. The van der Waals surface area contributed by atoms with Crippen molar-refractivity contribution in [3.05, 3.63) is 68.9 Å². The van der Waals surface area contributed by atoms with Crippen molar-refractivity contribution in [2.24, 2.45) is 0 Å². The van der Waals surface area contributed by atoms with E-state index in [0.29, 0.717) is 35.1 Å². The summed E-state index contributed by atoms with van der Waals surface area (Å²) in [6.07, 6.45) is 0.232. The molecule has 0 bridgehead atoms. The summed E-state index contributed by atoms with van der Waals surface area (Å²) in [7, 11) is 0. The fraction of sp³-hybridized carbons (Fsp3) is 0.407. The average Bonchev–Trinajstić information content (AvgIpc) is 3.33. The number of halogens is 1. The lowest BCUT2D eigenvalue weighted by atomic mass is 9.97. The molecule has 194 valence electrons. The van der Waals surface area contributed by atoms with Crippen LogP contribution in [-0.2, 0) is 17.6 Å². The molecule has 9 nitrogen and oxygen atoms in total. The van der Waals surface area contributed by atoms with Crippen molar-refractivity contribution in [2.75, 3.05) is 32.8 Å². The zero-order valence-electron chi connectivity index (χ0n) is 21.1. The number of aromatic amines is 1. The number of nitrogens with zero attached hydrogens (tertiary/aromatic N) is 3.